The van der Waals surface area contributed by atoms with Crippen LogP contribution in [0.2, 0.25) is 0 Å². The fraction of sp³-hybridized carbons (Fsp3) is 0.364. The number of carbonyl (C=O) groups excluding carboxylic acids is 1. The quantitative estimate of drug-likeness (QED) is 0.272. The van der Waals surface area contributed by atoms with Crippen molar-refractivity contribution in [1.82, 2.24) is 9.55 Å². The SMILES string of the molecule is O=C(O/N=C1\CCCc2c1sc1nc3n(c(=O)c21)CCCCC3)c1cccc(I)c1. The first-order chi connectivity index (χ1) is 14.6. The van der Waals surface area contributed by atoms with Gasteiger partial charge in [0.15, 0.2) is 0 Å². The van der Waals surface area contributed by atoms with Gasteiger partial charge in [-0.15, -0.1) is 11.3 Å². The first kappa shape index (κ1) is 19.9. The number of aryl methyl sites for hydroxylation is 2. The van der Waals surface area contributed by atoms with Crippen LogP contribution in [0.25, 0.3) is 10.2 Å². The van der Waals surface area contributed by atoms with E-state index in [2.05, 4.69) is 27.7 Å². The van der Waals surface area contributed by atoms with Crippen LogP contribution in [0.15, 0.2) is 34.2 Å². The van der Waals surface area contributed by atoms with Gasteiger partial charge in [-0.2, -0.15) is 0 Å². The predicted octanol–water partition coefficient (Wildman–Crippen LogP) is 4.69. The Kier molecular flexibility index (Phi) is 5.44. The molecule has 30 heavy (non-hydrogen) atoms. The number of benzene rings is 1. The highest BCUT2D eigenvalue weighted by Crippen LogP contribution is 2.34. The zero-order valence-electron chi connectivity index (χ0n) is 16.3. The lowest BCUT2D eigenvalue weighted by molar-refractivity contribution is 0.0515. The van der Waals surface area contributed by atoms with E-state index in [1.165, 1.54) is 11.3 Å². The number of fused-ring (bicyclic) bond motifs is 4. The number of nitrogens with zero attached hydrogens (tertiary/aromatic N) is 3. The van der Waals surface area contributed by atoms with Crippen molar-refractivity contribution in [3.8, 4) is 0 Å². The van der Waals surface area contributed by atoms with Crippen LogP contribution in [0.5, 0.6) is 0 Å². The smallest absolute Gasteiger partial charge is 0.312 e. The molecule has 0 saturated carbocycles. The number of oxime groups is 1. The molecule has 3 aromatic rings. The largest absolute Gasteiger partial charge is 0.365 e. The molecule has 0 amide bonds. The van der Waals surface area contributed by atoms with Crippen molar-refractivity contribution in [1.29, 1.82) is 0 Å². The Hall–Kier alpha value is -2.07. The van der Waals surface area contributed by atoms with Gasteiger partial charge < -0.3 is 4.84 Å². The third-order valence-electron chi connectivity index (χ3n) is 5.67. The van der Waals surface area contributed by atoms with Crippen molar-refractivity contribution in [3.05, 3.63) is 60.0 Å². The molecule has 1 aliphatic carbocycles. The van der Waals surface area contributed by atoms with Crippen LogP contribution in [-0.4, -0.2) is 21.2 Å². The minimum Gasteiger partial charge on any atom is -0.312 e. The Balaban J connectivity index is 1.52. The number of hydrogen-bond donors (Lipinski definition) is 0. The number of thiophene rings is 1. The molecule has 0 spiro atoms. The van der Waals surface area contributed by atoms with E-state index in [9.17, 15) is 9.59 Å². The van der Waals surface area contributed by atoms with Gasteiger partial charge in [0.1, 0.15) is 10.7 Å². The van der Waals surface area contributed by atoms with Crippen molar-refractivity contribution in [2.75, 3.05) is 0 Å². The van der Waals surface area contributed by atoms with E-state index in [0.717, 1.165) is 87.3 Å². The fourth-order valence-corrected chi connectivity index (χ4v) is 5.99. The number of hydrogen-bond acceptors (Lipinski definition) is 6. The van der Waals surface area contributed by atoms with Crippen LogP contribution in [0.4, 0.5) is 0 Å². The van der Waals surface area contributed by atoms with E-state index in [4.69, 9.17) is 9.82 Å². The Morgan fingerprint density at radius 2 is 2.07 bits per heavy atom. The monoisotopic (exact) mass is 533 g/mol. The molecule has 0 bridgehead atoms. The van der Waals surface area contributed by atoms with Crippen LogP contribution in [0.1, 0.15) is 58.7 Å². The lowest BCUT2D eigenvalue weighted by atomic mass is 9.95. The van der Waals surface area contributed by atoms with E-state index in [1.807, 2.05) is 16.7 Å². The third-order valence-corrected chi connectivity index (χ3v) is 7.52. The summed E-state index contributed by atoms with van der Waals surface area (Å²) in [7, 11) is 0. The first-order valence-electron chi connectivity index (χ1n) is 10.2. The molecule has 3 heterocycles. The fourth-order valence-electron chi connectivity index (χ4n) is 4.20. The van der Waals surface area contributed by atoms with Gasteiger partial charge in [0.2, 0.25) is 0 Å². The molecule has 6 nitrogen and oxygen atoms in total. The Labute approximate surface area is 191 Å². The molecule has 0 radical (unpaired) electrons. The van der Waals surface area contributed by atoms with Crippen molar-refractivity contribution in [2.24, 2.45) is 5.16 Å². The molecule has 0 saturated heterocycles. The van der Waals surface area contributed by atoms with Gasteiger partial charge in [-0.1, -0.05) is 17.6 Å². The van der Waals surface area contributed by atoms with Crippen LogP contribution in [0, 0.1) is 3.57 Å². The van der Waals surface area contributed by atoms with Gasteiger partial charge in [-0.3, -0.25) is 9.36 Å². The Morgan fingerprint density at radius 1 is 1.17 bits per heavy atom. The van der Waals surface area contributed by atoms with Crippen molar-refractivity contribution in [3.63, 3.8) is 0 Å². The van der Waals surface area contributed by atoms with Gasteiger partial charge in [-0.05, 0) is 78.5 Å². The number of aromatic nitrogens is 2. The highest BCUT2D eigenvalue weighted by Gasteiger charge is 2.26. The molecule has 1 aromatic carbocycles. The Morgan fingerprint density at radius 3 is 2.93 bits per heavy atom. The number of carbonyl (C=O) groups is 1. The molecule has 2 aromatic heterocycles. The molecule has 0 unspecified atom stereocenters. The van der Waals surface area contributed by atoms with Crippen molar-refractivity contribution in [2.45, 2.75) is 51.5 Å². The summed E-state index contributed by atoms with van der Waals surface area (Å²) in [6.07, 6.45) is 6.51. The second kappa shape index (κ2) is 8.22. The molecular formula is C22H20IN3O3S. The third kappa shape index (κ3) is 3.60. The maximum Gasteiger partial charge on any atom is 0.365 e. The van der Waals surface area contributed by atoms with Crippen LogP contribution in [-0.2, 0) is 24.2 Å². The van der Waals surface area contributed by atoms with E-state index < -0.39 is 5.97 Å². The van der Waals surface area contributed by atoms with Crippen molar-refractivity contribution < 1.29 is 9.63 Å². The molecule has 1 aliphatic heterocycles. The summed E-state index contributed by atoms with van der Waals surface area (Å²) in [6, 6.07) is 7.22. The molecule has 5 rings (SSSR count). The minimum atomic E-state index is -0.473. The van der Waals surface area contributed by atoms with Gasteiger partial charge in [0, 0.05) is 16.5 Å². The summed E-state index contributed by atoms with van der Waals surface area (Å²) < 4.78 is 2.83. The summed E-state index contributed by atoms with van der Waals surface area (Å²) in [4.78, 5) is 37.5. The average molecular weight is 533 g/mol. The highest BCUT2D eigenvalue weighted by atomic mass is 127. The maximum atomic E-state index is 13.3. The van der Waals surface area contributed by atoms with Crippen LogP contribution >= 0.6 is 33.9 Å². The van der Waals surface area contributed by atoms with Gasteiger partial charge in [0.25, 0.3) is 5.56 Å². The molecular weight excluding hydrogens is 513 g/mol. The zero-order chi connectivity index (χ0) is 20.7. The van der Waals surface area contributed by atoms with E-state index in [0.29, 0.717) is 5.56 Å². The summed E-state index contributed by atoms with van der Waals surface area (Å²) in [5.74, 6) is 0.423. The van der Waals surface area contributed by atoms with E-state index >= 15 is 0 Å². The lowest BCUT2D eigenvalue weighted by Gasteiger charge is -2.13. The topological polar surface area (TPSA) is 73.5 Å². The Bertz CT molecular complexity index is 1240. The molecule has 8 heteroatoms. The number of halogens is 1. The number of rotatable bonds is 2. The minimum absolute atomic E-state index is 0.0755. The molecule has 2 aliphatic rings. The first-order valence-corrected chi connectivity index (χ1v) is 12.1. The van der Waals surface area contributed by atoms with Gasteiger partial charge in [-0.25, -0.2) is 9.78 Å². The highest BCUT2D eigenvalue weighted by molar-refractivity contribution is 14.1. The summed E-state index contributed by atoms with van der Waals surface area (Å²) >= 11 is 3.66. The van der Waals surface area contributed by atoms with Gasteiger partial charge in [0.05, 0.1) is 21.5 Å². The van der Waals surface area contributed by atoms with E-state index in [1.54, 1.807) is 12.1 Å². The molecule has 0 atom stereocenters. The summed E-state index contributed by atoms with van der Waals surface area (Å²) in [5.41, 5.74) is 2.30. The normalized spacial score (nSPS) is 17.4. The second-order valence-corrected chi connectivity index (χ2v) is 9.91. The molecule has 0 fully saturated rings. The maximum absolute atomic E-state index is 13.3. The van der Waals surface area contributed by atoms with Crippen molar-refractivity contribution >= 4 is 55.8 Å². The molecule has 154 valence electrons. The molecule has 0 N–H and O–H groups in total. The van der Waals surface area contributed by atoms with Crippen LogP contribution < -0.4 is 5.56 Å². The lowest BCUT2D eigenvalue weighted by Crippen LogP contribution is -2.25. The average Bonchev–Trinajstić information content (AvgIpc) is 2.95. The predicted molar refractivity (Wildman–Crippen MR) is 125 cm³/mol. The second-order valence-electron chi connectivity index (χ2n) is 7.67. The van der Waals surface area contributed by atoms with E-state index in [-0.39, 0.29) is 5.56 Å². The summed E-state index contributed by atoms with van der Waals surface area (Å²) in [6.45, 7) is 0.746. The van der Waals surface area contributed by atoms with Crippen LogP contribution in [0.3, 0.4) is 0 Å². The zero-order valence-corrected chi connectivity index (χ0v) is 19.3. The summed E-state index contributed by atoms with van der Waals surface area (Å²) in [5, 5.41) is 4.94. The standard InChI is InChI=1S/C22H20IN3O3S/c23-14-7-4-6-13(12-14)22(28)29-25-16-9-5-8-15-18-20(30-19(15)16)24-17-10-2-1-3-11-26(17)21(18)27/h4,6-7,12H,1-3,5,8-11H2/b25-16+. The van der Waals surface area contributed by atoms with Gasteiger partial charge >= 0.3 is 5.97 Å².